The van der Waals surface area contributed by atoms with Gasteiger partial charge in [0, 0.05) is 6.42 Å². The fourth-order valence-electron chi connectivity index (χ4n) is 2.90. The number of hydrogen-bond acceptors (Lipinski definition) is 2. The third-order valence-electron chi connectivity index (χ3n) is 4.41. The van der Waals surface area contributed by atoms with Crippen molar-refractivity contribution < 1.29 is 4.79 Å². The lowest BCUT2D eigenvalue weighted by atomic mass is 9.94. The molecule has 1 aliphatic heterocycles. The molecule has 0 spiro atoms. The lowest BCUT2D eigenvalue weighted by molar-refractivity contribution is -0.122. The highest BCUT2D eigenvalue weighted by Crippen LogP contribution is 2.20. The Bertz CT molecular complexity index is 447. The summed E-state index contributed by atoms with van der Waals surface area (Å²) in [4.78, 5) is 12.1. The van der Waals surface area contributed by atoms with Crippen LogP contribution in [0, 0.1) is 5.92 Å². The SMILES string of the molecule is CC(C)c1ccc(C(C)NC(=O)CC2CCNCC2)cc1. The zero-order valence-electron chi connectivity index (χ0n) is 13.5. The summed E-state index contributed by atoms with van der Waals surface area (Å²) >= 11 is 0. The van der Waals surface area contributed by atoms with E-state index in [1.807, 2.05) is 0 Å². The van der Waals surface area contributed by atoms with Gasteiger partial charge in [-0.05, 0) is 55.8 Å². The molecular weight excluding hydrogens is 260 g/mol. The van der Waals surface area contributed by atoms with E-state index in [9.17, 15) is 4.79 Å². The third kappa shape index (κ3) is 4.85. The van der Waals surface area contributed by atoms with Gasteiger partial charge in [-0.15, -0.1) is 0 Å². The van der Waals surface area contributed by atoms with Crippen molar-refractivity contribution in [2.45, 2.75) is 52.0 Å². The Morgan fingerprint density at radius 2 is 1.71 bits per heavy atom. The van der Waals surface area contributed by atoms with E-state index < -0.39 is 0 Å². The zero-order valence-corrected chi connectivity index (χ0v) is 13.5. The van der Waals surface area contributed by atoms with Gasteiger partial charge in [0.15, 0.2) is 0 Å². The van der Waals surface area contributed by atoms with Crippen molar-refractivity contribution in [1.82, 2.24) is 10.6 Å². The Morgan fingerprint density at radius 1 is 1.14 bits per heavy atom. The largest absolute Gasteiger partial charge is 0.350 e. The van der Waals surface area contributed by atoms with Crippen LogP contribution in [0.25, 0.3) is 0 Å². The van der Waals surface area contributed by atoms with Crippen LogP contribution in [0.1, 0.15) is 63.1 Å². The summed E-state index contributed by atoms with van der Waals surface area (Å²) in [5.41, 5.74) is 2.52. The molecule has 21 heavy (non-hydrogen) atoms. The second kappa shape index (κ2) is 7.60. The topological polar surface area (TPSA) is 41.1 Å². The third-order valence-corrected chi connectivity index (χ3v) is 4.41. The van der Waals surface area contributed by atoms with Crippen LogP contribution in [0.15, 0.2) is 24.3 Å². The fraction of sp³-hybridized carbons (Fsp3) is 0.611. The molecule has 1 heterocycles. The van der Waals surface area contributed by atoms with E-state index in [-0.39, 0.29) is 11.9 Å². The van der Waals surface area contributed by atoms with Gasteiger partial charge >= 0.3 is 0 Å². The number of benzene rings is 1. The smallest absolute Gasteiger partial charge is 0.220 e. The number of rotatable bonds is 5. The molecule has 1 aromatic carbocycles. The van der Waals surface area contributed by atoms with Gasteiger partial charge in [-0.25, -0.2) is 0 Å². The molecule has 1 saturated heterocycles. The zero-order chi connectivity index (χ0) is 15.2. The monoisotopic (exact) mass is 288 g/mol. The molecule has 0 aromatic heterocycles. The number of amides is 1. The van der Waals surface area contributed by atoms with Crippen LogP contribution in [-0.2, 0) is 4.79 Å². The second-order valence-corrected chi connectivity index (χ2v) is 6.51. The lowest BCUT2D eigenvalue weighted by Gasteiger charge is -2.23. The summed E-state index contributed by atoms with van der Waals surface area (Å²) in [7, 11) is 0. The summed E-state index contributed by atoms with van der Waals surface area (Å²) in [6, 6.07) is 8.67. The summed E-state index contributed by atoms with van der Waals surface area (Å²) in [5.74, 6) is 1.27. The quantitative estimate of drug-likeness (QED) is 0.872. The molecule has 3 heteroatoms. The van der Waals surface area contributed by atoms with Gasteiger partial charge in [-0.3, -0.25) is 4.79 Å². The number of piperidine rings is 1. The Kier molecular flexibility index (Phi) is 5.80. The molecule has 2 N–H and O–H groups in total. The molecule has 1 aliphatic rings. The molecular formula is C18H28N2O. The Hall–Kier alpha value is -1.35. The van der Waals surface area contributed by atoms with Crippen LogP contribution >= 0.6 is 0 Å². The predicted molar refractivity (Wildman–Crippen MR) is 87.3 cm³/mol. The Balaban J connectivity index is 1.84. The van der Waals surface area contributed by atoms with E-state index in [0.717, 1.165) is 25.9 Å². The average molecular weight is 288 g/mol. The van der Waals surface area contributed by atoms with Gasteiger partial charge in [0.25, 0.3) is 0 Å². The standard InChI is InChI=1S/C18H28N2O/c1-13(2)16-4-6-17(7-5-16)14(3)20-18(21)12-15-8-10-19-11-9-15/h4-7,13-15,19H,8-12H2,1-3H3,(H,20,21). The van der Waals surface area contributed by atoms with Crippen molar-refractivity contribution in [3.05, 3.63) is 35.4 Å². The number of carbonyl (C=O) groups excluding carboxylic acids is 1. The molecule has 2 rings (SSSR count). The maximum Gasteiger partial charge on any atom is 0.220 e. The van der Waals surface area contributed by atoms with Crippen LogP contribution in [0.4, 0.5) is 0 Å². The highest BCUT2D eigenvalue weighted by molar-refractivity contribution is 5.76. The van der Waals surface area contributed by atoms with Crippen molar-refractivity contribution in [3.8, 4) is 0 Å². The molecule has 0 radical (unpaired) electrons. The van der Waals surface area contributed by atoms with E-state index >= 15 is 0 Å². The van der Waals surface area contributed by atoms with Gasteiger partial charge in [0.2, 0.25) is 5.91 Å². The maximum atomic E-state index is 12.1. The molecule has 1 unspecified atom stereocenters. The molecule has 0 aliphatic carbocycles. The van der Waals surface area contributed by atoms with Crippen molar-refractivity contribution in [1.29, 1.82) is 0 Å². The number of nitrogens with one attached hydrogen (secondary N) is 2. The van der Waals surface area contributed by atoms with Gasteiger partial charge in [0.05, 0.1) is 6.04 Å². The van der Waals surface area contributed by atoms with Crippen molar-refractivity contribution in [2.24, 2.45) is 5.92 Å². The van der Waals surface area contributed by atoms with E-state index in [1.165, 1.54) is 11.1 Å². The van der Waals surface area contributed by atoms with Crippen LogP contribution in [0.2, 0.25) is 0 Å². The van der Waals surface area contributed by atoms with Gasteiger partial charge < -0.3 is 10.6 Å². The fourth-order valence-corrected chi connectivity index (χ4v) is 2.90. The normalized spacial score (nSPS) is 17.7. The van der Waals surface area contributed by atoms with Crippen LogP contribution in [0.3, 0.4) is 0 Å². The molecule has 1 atom stereocenters. The van der Waals surface area contributed by atoms with E-state index in [4.69, 9.17) is 0 Å². The first-order chi connectivity index (χ1) is 10.1. The molecule has 1 aromatic rings. The van der Waals surface area contributed by atoms with E-state index in [1.54, 1.807) is 0 Å². The molecule has 116 valence electrons. The summed E-state index contributed by atoms with van der Waals surface area (Å²) < 4.78 is 0. The van der Waals surface area contributed by atoms with Crippen molar-refractivity contribution in [2.75, 3.05) is 13.1 Å². The predicted octanol–water partition coefficient (Wildman–Crippen LogP) is 3.38. The Morgan fingerprint density at radius 3 is 2.29 bits per heavy atom. The van der Waals surface area contributed by atoms with E-state index in [0.29, 0.717) is 18.3 Å². The molecule has 3 nitrogen and oxygen atoms in total. The minimum Gasteiger partial charge on any atom is -0.350 e. The Labute approximate surface area is 128 Å². The lowest BCUT2D eigenvalue weighted by Crippen LogP contribution is -2.33. The van der Waals surface area contributed by atoms with Gasteiger partial charge in [0.1, 0.15) is 0 Å². The summed E-state index contributed by atoms with van der Waals surface area (Å²) in [6.45, 7) is 8.54. The summed E-state index contributed by atoms with van der Waals surface area (Å²) in [5, 5.41) is 6.47. The number of carbonyl (C=O) groups is 1. The van der Waals surface area contributed by atoms with Crippen LogP contribution in [0.5, 0.6) is 0 Å². The van der Waals surface area contributed by atoms with Crippen LogP contribution < -0.4 is 10.6 Å². The van der Waals surface area contributed by atoms with E-state index in [2.05, 4.69) is 55.7 Å². The first kappa shape index (κ1) is 16.0. The van der Waals surface area contributed by atoms with Crippen molar-refractivity contribution >= 4 is 5.91 Å². The highest BCUT2D eigenvalue weighted by atomic mass is 16.1. The second-order valence-electron chi connectivity index (χ2n) is 6.51. The first-order valence-electron chi connectivity index (χ1n) is 8.16. The van der Waals surface area contributed by atoms with Crippen LogP contribution in [-0.4, -0.2) is 19.0 Å². The minimum atomic E-state index is 0.0837. The summed E-state index contributed by atoms with van der Waals surface area (Å²) in [6.07, 6.45) is 2.89. The molecule has 0 saturated carbocycles. The first-order valence-corrected chi connectivity index (χ1v) is 8.16. The minimum absolute atomic E-state index is 0.0837. The van der Waals surface area contributed by atoms with Crippen molar-refractivity contribution in [3.63, 3.8) is 0 Å². The van der Waals surface area contributed by atoms with Gasteiger partial charge in [-0.2, -0.15) is 0 Å². The molecule has 1 fully saturated rings. The van der Waals surface area contributed by atoms with Gasteiger partial charge in [-0.1, -0.05) is 38.1 Å². The number of hydrogen-bond donors (Lipinski definition) is 2. The molecule has 1 amide bonds. The molecule has 0 bridgehead atoms. The average Bonchev–Trinajstić information content (AvgIpc) is 2.48. The highest BCUT2D eigenvalue weighted by Gasteiger charge is 2.18. The maximum absolute atomic E-state index is 12.1.